The summed E-state index contributed by atoms with van der Waals surface area (Å²) < 4.78 is 14.5. The third-order valence-electron chi connectivity index (χ3n) is 2.53. The lowest BCUT2D eigenvalue weighted by molar-refractivity contribution is 0.631. The Morgan fingerprint density at radius 1 is 1.19 bits per heavy atom. The van der Waals surface area contributed by atoms with Crippen LogP contribution in [0.4, 0.5) is 27.9 Å². The summed E-state index contributed by atoms with van der Waals surface area (Å²) in [6.45, 7) is 2.63. The second-order valence-electron chi connectivity index (χ2n) is 4.46. The Labute approximate surface area is 130 Å². The molecule has 2 rings (SSSR count). The van der Waals surface area contributed by atoms with Gasteiger partial charge in [0.15, 0.2) is 0 Å². The van der Waals surface area contributed by atoms with Gasteiger partial charge >= 0.3 is 0 Å². The average molecular weight is 355 g/mol. The van der Waals surface area contributed by atoms with E-state index in [0.717, 1.165) is 4.47 Å². The topological polar surface area (TPSA) is 66.0 Å². The predicted molar refractivity (Wildman–Crippen MR) is 85.7 cm³/mol. The third kappa shape index (κ3) is 4.01. The van der Waals surface area contributed by atoms with E-state index in [1.807, 2.05) is 21.0 Å². The fraction of sp³-hybridized carbons (Fsp3) is 0.308. The first kappa shape index (κ1) is 15.4. The molecule has 0 fully saturated rings. The quantitative estimate of drug-likeness (QED) is 0.860. The Morgan fingerprint density at radius 3 is 2.57 bits per heavy atom. The molecule has 0 saturated carbocycles. The van der Waals surface area contributed by atoms with E-state index >= 15 is 0 Å². The normalized spacial score (nSPS) is 10.3. The minimum Gasteiger partial charge on any atom is -0.354 e. The second kappa shape index (κ2) is 6.66. The summed E-state index contributed by atoms with van der Waals surface area (Å²) in [4.78, 5) is 14.5. The molecule has 0 saturated heterocycles. The Hall–Kier alpha value is -1.96. The van der Waals surface area contributed by atoms with Crippen molar-refractivity contribution in [2.45, 2.75) is 6.92 Å². The van der Waals surface area contributed by atoms with Crippen LogP contribution >= 0.6 is 15.9 Å². The second-order valence-corrected chi connectivity index (χ2v) is 5.37. The number of nitrogens with zero attached hydrogens (tertiary/aromatic N) is 4. The number of halogens is 2. The highest BCUT2D eigenvalue weighted by atomic mass is 79.9. The number of rotatable bonds is 5. The summed E-state index contributed by atoms with van der Waals surface area (Å²) in [5.41, 5.74) is 0.294. The molecule has 0 unspecified atom stereocenters. The fourth-order valence-electron chi connectivity index (χ4n) is 1.57. The van der Waals surface area contributed by atoms with Crippen molar-refractivity contribution >= 4 is 39.5 Å². The van der Waals surface area contributed by atoms with E-state index in [9.17, 15) is 4.39 Å². The number of anilines is 4. The van der Waals surface area contributed by atoms with Crippen molar-refractivity contribution in [2.24, 2.45) is 0 Å². The standard InChI is InChI=1S/C13H16BrFN6/c1-4-16-11-18-12(20-13(19-11)21(2)3)17-10-7-8(14)5-6-9(10)15/h5-7H,4H2,1-3H3,(H2,16,17,18,19,20). The molecular weight excluding hydrogens is 339 g/mol. The maximum atomic E-state index is 13.8. The molecule has 0 aliphatic rings. The highest BCUT2D eigenvalue weighted by Gasteiger charge is 2.10. The molecule has 2 N–H and O–H groups in total. The van der Waals surface area contributed by atoms with Crippen LogP contribution < -0.4 is 15.5 Å². The maximum Gasteiger partial charge on any atom is 0.233 e. The van der Waals surface area contributed by atoms with Gasteiger partial charge in [-0.05, 0) is 25.1 Å². The van der Waals surface area contributed by atoms with Crippen molar-refractivity contribution in [3.05, 3.63) is 28.5 Å². The van der Waals surface area contributed by atoms with Gasteiger partial charge in [0, 0.05) is 25.1 Å². The average Bonchev–Trinajstić information content (AvgIpc) is 2.43. The zero-order chi connectivity index (χ0) is 15.4. The van der Waals surface area contributed by atoms with E-state index in [1.54, 1.807) is 17.0 Å². The van der Waals surface area contributed by atoms with E-state index in [-0.39, 0.29) is 11.8 Å². The Morgan fingerprint density at radius 2 is 1.90 bits per heavy atom. The fourth-order valence-corrected chi connectivity index (χ4v) is 1.93. The van der Waals surface area contributed by atoms with Gasteiger partial charge in [-0.2, -0.15) is 15.0 Å². The van der Waals surface area contributed by atoms with Crippen molar-refractivity contribution in [2.75, 3.05) is 36.2 Å². The van der Waals surface area contributed by atoms with Gasteiger partial charge < -0.3 is 15.5 Å². The first-order valence-electron chi connectivity index (χ1n) is 6.39. The van der Waals surface area contributed by atoms with Gasteiger partial charge in [-0.3, -0.25) is 0 Å². The highest BCUT2D eigenvalue weighted by Crippen LogP contribution is 2.23. The molecule has 21 heavy (non-hydrogen) atoms. The number of nitrogens with one attached hydrogen (secondary N) is 2. The molecule has 1 aromatic heterocycles. The molecule has 0 radical (unpaired) electrons. The van der Waals surface area contributed by atoms with Crippen LogP contribution in [0.25, 0.3) is 0 Å². The van der Waals surface area contributed by atoms with Crippen molar-refractivity contribution in [1.82, 2.24) is 15.0 Å². The first-order chi connectivity index (χ1) is 9.99. The van der Waals surface area contributed by atoms with Gasteiger partial charge in [0.05, 0.1) is 5.69 Å². The smallest absolute Gasteiger partial charge is 0.233 e. The molecule has 0 atom stereocenters. The van der Waals surface area contributed by atoms with Crippen molar-refractivity contribution in [1.29, 1.82) is 0 Å². The lowest BCUT2D eigenvalue weighted by Crippen LogP contribution is -2.16. The summed E-state index contributed by atoms with van der Waals surface area (Å²) in [5.74, 6) is 0.824. The zero-order valence-electron chi connectivity index (χ0n) is 12.0. The van der Waals surface area contributed by atoms with E-state index in [2.05, 4.69) is 41.5 Å². The summed E-state index contributed by atoms with van der Waals surface area (Å²) in [7, 11) is 3.66. The minimum absolute atomic E-state index is 0.279. The Balaban J connectivity index is 2.36. The molecule has 6 nitrogen and oxygen atoms in total. The van der Waals surface area contributed by atoms with Crippen LogP contribution in [0.2, 0.25) is 0 Å². The molecular formula is C13H16BrFN6. The molecule has 0 bridgehead atoms. The minimum atomic E-state index is -0.380. The van der Waals surface area contributed by atoms with Gasteiger partial charge in [0.25, 0.3) is 0 Å². The van der Waals surface area contributed by atoms with Gasteiger partial charge in [-0.25, -0.2) is 4.39 Å². The van der Waals surface area contributed by atoms with Crippen LogP contribution in [0, 0.1) is 5.82 Å². The van der Waals surface area contributed by atoms with Crippen LogP contribution in [-0.2, 0) is 0 Å². The van der Waals surface area contributed by atoms with Gasteiger partial charge in [0.1, 0.15) is 5.82 Å². The predicted octanol–water partition coefficient (Wildman–Crippen LogP) is 3.01. The van der Waals surface area contributed by atoms with Gasteiger partial charge in [-0.15, -0.1) is 0 Å². The van der Waals surface area contributed by atoms with Crippen molar-refractivity contribution < 1.29 is 4.39 Å². The van der Waals surface area contributed by atoms with E-state index in [4.69, 9.17) is 0 Å². The van der Waals surface area contributed by atoms with Crippen molar-refractivity contribution in [3.63, 3.8) is 0 Å². The Kier molecular flexibility index (Phi) is 4.89. The lowest BCUT2D eigenvalue weighted by Gasteiger charge is -2.14. The van der Waals surface area contributed by atoms with Crippen LogP contribution in [-0.4, -0.2) is 35.6 Å². The number of benzene rings is 1. The summed E-state index contributed by atoms with van der Waals surface area (Å²) in [6, 6.07) is 4.62. The van der Waals surface area contributed by atoms with Gasteiger partial charge in [-0.1, -0.05) is 15.9 Å². The zero-order valence-corrected chi connectivity index (χ0v) is 13.6. The third-order valence-corrected chi connectivity index (χ3v) is 3.03. The lowest BCUT2D eigenvalue weighted by atomic mass is 10.3. The molecule has 2 aromatic rings. The molecule has 0 aliphatic heterocycles. The van der Waals surface area contributed by atoms with Gasteiger partial charge in [0.2, 0.25) is 17.8 Å². The summed E-state index contributed by atoms with van der Waals surface area (Å²) in [6.07, 6.45) is 0. The molecule has 1 heterocycles. The Bertz CT molecular complexity index is 634. The number of hydrogen-bond donors (Lipinski definition) is 2. The van der Waals surface area contributed by atoms with E-state index in [0.29, 0.717) is 24.1 Å². The molecule has 0 amide bonds. The van der Waals surface area contributed by atoms with E-state index < -0.39 is 0 Å². The number of hydrogen-bond acceptors (Lipinski definition) is 6. The summed E-state index contributed by atoms with van der Waals surface area (Å²) >= 11 is 3.31. The molecule has 0 spiro atoms. The highest BCUT2D eigenvalue weighted by molar-refractivity contribution is 9.10. The molecule has 1 aromatic carbocycles. The SMILES string of the molecule is CCNc1nc(Nc2cc(Br)ccc2F)nc(N(C)C)n1. The van der Waals surface area contributed by atoms with Crippen LogP contribution in [0.15, 0.2) is 22.7 Å². The van der Waals surface area contributed by atoms with Crippen molar-refractivity contribution in [3.8, 4) is 0 Å². The molecule has 8 heteroatoms. The largest absolute Gasteiger partial charge is 0.354 e. The van der Waals surface area contributed by atoms with Crippen LogP contribution in [0.3, 0.4) is 0 Å². The molecule has 0 aliphatic carbocycles. The van der Waals surface area contributed by atoms with Crippen LogP contribution in [0.5, 0.6) is 0 Å². The monoisotopic (exact) mass is 354 g/mol. The van der Waals surface area contributed by atoms with Crippen LogP contribution in [0.1, 0.15) is 6.92 Å². The first-order valence-corrected chi connectivity index (χ1v) is 7.18. The number of aromatic nitrogens is 3. The van der Waals surface area contributed by atoms with E-state index in [1.165, 1.54) is 6.07 Å². The summed E-state index contributed by atoms with van der Waals surface area (Å²) in [5, 5.41) is 5.90. The molecule has 112 valence electrons. The maximum absolute atomic E-state index is 13.8.